The number of hydrogen-bond acceptors (Lipinski definition) is 3. The Bertz CT molecular complexity index is 995. The first-order valence-electron chi connectivity index (χ1n) is 10.3. The quantitative estimate of drug-likeness (QED) is 0.783. The third kappa shape index (κ3) is 4.24. The van der Waals surface area contributed by atoms with Crippen LogP contribution in [0, 0.1) is 0 Å². The number of halogens is 3. The largest absolute Gasteiger partial charge is 0.418 e. The minimum absolute atomic E-state index is 0.123. The Morgan fingerprint density at radius 1 is 1.03 bits per heavy atom. The summed E-state index contributed by atoms with van der Waals surface area (Å²) in [6.45, 7) is 1.81. The molecule has 166 valence electrons. The van der Waals surface area contributed by atoms with E-state index in [1.165, 1.54) is 23.1 Å². The average molecular weight is 435 g/mol. The SMILES string of the molecule is Cn1nc(C(=O)N2CCCCC2)c2c1CCN(C(=O)Nc1ccccc1C(F)(F)F)C2. The maximum Gasteiger partial charge on any atom is 0.418 e. The van der Waals surface area contributed by atoms with E-state index >= 15 is 0 Å². The van der Waals surface area contributed by atoms with Gasteiger partial charge >= 0.3 is 12.2 Å². The summed E-state index contributed by atoms with van der Waals surface area (Å²) in [6.07, 6.45) is -1.10. The average Bonchev–Trinajstić information content (AvgIpc) is 3.09. The highest BCUT2D eigenvalue weighted by Gasteiger charge is 2.35. The number of aryl methyl sites for hydroxylation is 1. The lowest BCUT2D eigenvalue weighted by Gasteiger charge is -2.29. The maximum absolute atomic E-state index is 13.2. The molecule has 0 radical (unpaired) electrons. The van der Waals surface area contributed by atoms with E-state index in [9.17, 15) is 22.8 Å². The molecule has 0 spiro atoms. The van der Waals surface area contributed by atoms with Gasteiger partial charge in [0.2, 0.25) is 0 Å². The van der Waals surface area contributed by atoms with Crippen molar-refractivity contribution >= 4 is 17.6 Å². The predicted molar refractivity (Wildman–Crippen MR) is 108 cm³/mol. The molecule has 0 atom stereocenters. The standard InChI is InChI=1S/C21H24F3N5O2/c1-27-17-9-12-29(20(31)25-16-8-4-3-7-15(16)21(22,23)24)13-14(17)18(26-27)19(30)28-10-5-2-6-11-28/h3-4,7-8H,2,5-6,9-13H2,1H3,(H,25,31). The molecule has 1 aromatic heterocycles. The topological polar surface area (TPSA) is 70.5 Å². The van der Waals surface area contributed by atoms with Crippen molar-refractivity contribution in [2.45, 2.75) is 38.4 Å². The van der Waals surface area contributed by atoms with Crippen LogP contribution in [0.2, 0.25) is 0 Å². The minimum Gasteiger partial charge on any atom is -0.337 e. The van der Waals surface area contributed by atoms with Crippen molar-refractivity contribution < 1.29 is 22.8 Å². The number of aromatic nitrogens is 2. The number of anilines is 1. The molecular weight excluding hydrogens is 411 g/mol. The van der Waals surface area contributed by atoms with Gasteiger partial charge in [-0.2, -0.15) is 18.3 Å². The second-order valence-corrected chi connectivity index (χ2v) is 7.90. The Hall–Kier alpha value is -3.04. The van der Waals surface area contributed by atoms with Crippen LogP contribution in [-0.4, -0.2) is 51.2 Å². The fourth-order valence-electron chi connectivity index (χ4n) is 4.22. The number of carbonyl (C=O) groups is 2. The van der Waals surface area contributed by atoms with Gasteiger partial charge in [0.15, 0.2) is 5.69 Å². The number of para-hydroxylation sites is 1. The lowest BCUT2D eigenvalue weighted by molar-refractivity contribution is -0.136. The minimum atomic E-state index is -4.57. The summed E-state index contributed by atoms with van der Waals surface area (Å²) in [6, 6.07) is 4.24. The Morgan fingerprint density at radius 3 is 2.45 bits per heavy atom. The number of alkyl halides is 3. The van der Waals surface area contributed by atoms with Gasteiger partial charge in [0.25, 0.3) is 5.91 Å². The van der Waals surface area contributed by atoms with Crippen LogP contribution < -0.4 is 5.32 Å². The summed E-state index contributed by atoms with van der Waals surface area (Å²) in [5.74, 6) is -0.152. The van der Waals surface area contributed by atoms with E-state index in [-0.39, 0.29) is 18.1 Å². The van der Waals surface area contributed by atoms with Gasteiger partial charge in [0.05, 0.1) is 17.8 Å². The number of urea groups is 1. The molecule has 1 saturated heterocycles. The summed E-state index contributed by atoms with van der Waals surface area (Å²) in [4.78, 5) is 29.0. The van der Waals surface area contributed by atoms with Crippen LogP contribution in [0.15, 0.2) is 24.3 Å². The van der Waals surface area contributed by atoms with Gasteiger partial charge in [-0.25, -0.2) is 4.79 Å². The van der Waals surface area contributed by atoms with Crippen LogP contribution in [0.5, 0.6) is 0 Å². The molecule has 3 heterocycles. The fourth-order valence-corrected chi connectivity index (χ4v) is 4.22. The molecule has 31 heavy (non-hydrogen) atoms. The van der Waals surface area contributed by atoms with Gasteiger partial charge in [-0.15, -0.1) is 0 Å². The lowest BCUT2D eigenvalue weighted by Crippen LogP contribution is -2.41. The van der Waals surface area contributed by atoms with Crippen molar-refractivity contribution in [2.24, 2.45) is 7.05 Å². The van der Waals surface area contributed by atoms with Crippen LogP contribution in [-0.2, 0) is 26.2 Å². The highest BCUT2D eigenvalue weighted by Crippen LogP contribution is 2.35. The van der Waals surface area contributed by atoms with E-state index in [4.69, 9.17) is 0 Å². The number of piperidine rings is 1. The van der Waals surface area contributed by atoms with Gasteiger partial charge in [-0.3, -0.25) is 9.48 Å². The number of hydrogen-bond donors (Lipinski definition) is 1. The predicted octanol–water partition coefficient (Wildman–Crippen LogP) is 3.66. The smallest absolute Gasteiger partial charge is 0.337 e. The lowest BCUT2D eigenvalue weighted by atomic mass is 10.0. The Morgan fingerprint density at radius 2 is 1.74 bits per heavy atom. The molecule has 0 saturated carbocycles. The molecule has 0 bridgehead atoms. The molecule has 0 unspecified atom stereocenters. The normalized spacial score (nSPS) is 16.8. The number of amides is 3. The van der Waals surface area contributed by atoms with Crippen molar-refractivity contribution in [3.8, 4) is 0 Å². The van der Waals surface area contributed by atoms with E-state index in [0.29, 0.717) is 37.3 Å². The highest BCUT2D eigenvalue weighted by atomic mass is 19.4. The summed E-state index contributed by atoms with van der Waals surface area (Å²) in [7, 11) is 1.77. The van der Waals surface area contributed by atoms with E-state index in [2.05, 4.69) is 10.4 Å². The maximum atomic E-state index is 13.2. The number of rotatable bonds is 2. The van der Waals surface area contributed by atoms with Crippen LogP contribution in [0.25, 0.3) is 0 Å². The Labute approximate surface area is 177 Å². The zero-order chi connectivity index (χ0) is 22.2. The van der Waals surface area contributed by atoms with Crippen LogP contribution in [0.3, 0.4) is 0 Å². The third-order valence-corrected chi connectivity index (χ3v) is 5.85. The van der Waals surface area contributed by atoms with Gasteiger partial charge in [0.1, 0.15) is 0 Å². The molecule has 2 aromatic rings. The third-order valence-electron chi connectivity index (χ3n) is 5.85. The molecule has 4 rings (SSSR count). The van der Waals surface area contributed by atoms with Crippen molar-refractivity contribution in [1.82, 2.24) is 19.6 Å². The van der Waals surface area contributed by atoms with Gasteiger partial charge in [-0.05, 0) is 31.4 Å². The number of carbonyl (C=O) groups excluding carboxylic acids is 2. The summed E-state index contributed by atoms with van der Waals surface area (Å²) >= 11 is 0. The molecule has 7 nitrogen and oxygen atoms in total. The zero-order valence-electron chi connectivity index (χ0n) is 17.2. The second kappa shape index (κ2) is 8.24. The molecule has 10 heteroatoms. The summed E-state index contributed by atoms with van der Waals surface area (Å²) < 4.78 is 41.4. The van der Waals surface area contributed by atoms with E-state index in [1.807, 2.05) is 0 Å². The van der Waals surface area contributed by atoms with Crippen molar-refractivity contribution in [3.63, 3.8) is 0 Å². The first-order valence-corrected chi connectivity index (χ1v) is 10.3. The van der Waals surface area contributed by atoms with Crippen LogP contribution >= 0.6 is 0 Å². The fraction of sp³-hybridized carbons (Fsp3) is 0.476. The van der Waals surface area contributed by atoms with Crippen LogP contribution in [0.1, 0.15) is 46.6 Å². The molecule has 0 aliphatic carbocycles. The summed E-state index contributed by atoms with van der Waals surface area (Å²) in [5, 5.41) is 6.79. The highest BCUT2D eigenvalue weighted by molar-refractivity contribution is 5.95. The number of nitrogens with one attached hydrogen (secondary N) is 1. The number of likely N-dealkylation sites (tertiary alicyclic amines) is 1. The number of fused-ring (bicyclic) bond motifs is 1. The van der Waals surface area contributed by atoms with Crippen LogP contribution in [0.4, 0.5) is 23.7 Å². The second-order valence-electron chi connectivity index (χ2n) is 7.90. The summed E-state index contributed by atoms with van der Waals surface area (Å²) in [5.41, 5.74) is 0.682. The first kappa shape index (κ1) is 21.2. The Kier molecular flexibility index (Phi) is 5.63. The van der Waals surface area contributed by atoms with Crippen molar-refractivity contribution in [3.05, 3.63) is 46.8 Å². The molecule has 3 amide bonds. The van der Waals surface area contributed by atoms with E-state index in [0.717, 1.165) is 31.0 Å². The zero-order valence-corrected chi connectivity index (χ0v) is 17.2. The molecular formula is C21H24F3N5O2. The molecule has 1 fully saturated rings. The monoisotopic (exact) mass is 435 g/mol. The Balaban J connectivity index is 1.54. The first-order chi connectivity index (χ1) is 14.8. The van der Waals surface area contributed by atoms with Gasteiger partial charge < -0.3 is 15.1 Å². The molecule has 2 aliphatic heterocycles. The number of nitrogens with zero attached hydrogens (tertiary/aromatic N) is 4. The molecule has 1 aromatic carbocycles. The van der Waals surface area contributed by atoms with Crippen molar-refractivity contribution in [2.75, 3.05) is 25.0 Å². The van der Waals surface area contributed by atoms with Gasteiger partial charge in [0, 0.05) is 44.4 Å². The van der Waals surface area contributed by atoms with Gasteiger partial charge in [-0.1, -0.05) is 12.1 Å². The molecule has 1 N–H and O–H groups in total. The number of benzene rings is 1. The van der Waals surface area contributed by atoms with E-state index in [1.54, 1.807) is 16.6 Å². The van der Waals surface area contributed by atoms with E-state index < -0.39 is 17.8 Å². The molecule has 2 aliphatic rings. The van der Waals surface area contributed by atoms with Crippen molar-refractivity contribution in [1.29, 1.82) is 0 Å².